The normalized spacial score (nSPS) is 19.4. The molecule has 1 aromatic rings. The average molecular weight is 231 g/mol. The minimum atomic E-state index is 0.401. The van der Waals surface area contributed by atoms with Crippen LogP contribution in [0.3, 0.4) is 0 Å². The van der Waals surface area contributed by atoms with E-state index >= 15 is 0 Å². The second kappa shape index (κ2) is 6.28. The Morgan fingerprint density at radius 1 is 1.35 bits per heavy atom. The van der Waals surface area contributed by atoms with E-state index in [2.05, 4.69) is 52.9 Å². The molecule has 0 radical (unpaired) electrons. The molecule has 1 atom stereocenters. The van der Waals surface area contributed by atoms with Gasteiger partial charge in [-0.3, -0.25) is 4.99 Å². The van der Waals surface area contributed by atoms with Crippen molar-refractivity contribution in [2.75, 3.05) is 13.1 Å². The summed E-state index contributed by atoms with van der Waals surface area (Å²) in [5.41, 5.74) is 1.34. The lowest BCUT2D eigenvalue weighted by molar-refractivity contribution is 0.553. The fourth-order valence-electron chi connectivity index (χ4n) is 2.01. The Morgan fingerprint density at radius 2 is 2.18 bits per heavy atom. The summed E-state index contributed by atoms with van der Waals surface area (Å²) in [6.45, 7) is 4.11. The number of nitrogens with one attached hydrogen (secondary N) is 2. The van der Waals surface area contributed by atoms with E-state index in [1.807, 2.05) is 0 Å². The zero-order valence-electron chi connectivity index (χ0n) is 10.4. The first-order chi connectivity index (χ1) is 8.40. The van der Waals surface area contributed by atoms with Crippen LogP contribution in [0.4, 0.5) is 0 Å². The van der Waals surface area contributed by atoms with Crippen LogP contribution in [0, 0.1) is 0 Å². The number of rotatable bonds is 4. The van der Waals surface area contributed by atoms with Crippen LogP contribution in [0.25, 0.3) is 0 Å². The van der Waals surface area contributed by atoms with Crippen molar-refractivity contribution in [1.82, 2.24) is 10.6 Å². The Hall–Kier alpha value is -1.51. The average Bonchev–Trinajstić information content (AvgIpc) is 2.41. The summed E-state index contributed by atoms with van der Waals surface area (Å²) < 4.78 is 0. The van der Waals surface area contributed by atoms with Gasteiger partial charge in [0.25, 0.3) is 0 Å². The van der Waals surface area contributed by atoms with Gasteiger partial charge in [-0.15, -0.1) is 0 Å². The van der Waals surface area contributed by atoms with Crippen molar-refractivity contribution in [3.63, 3.8) is 0 Å². The molecule has 3 nitrogen and oxygen atoms in total. The summed E-state index contributed by atoms with van der Waals surface area (Å²) in [5.74, 6) is 0.957. The molecule has 0 saturated carbocycles. The Kier molecular flexibility index (Phi) is 4.42. The SMILES string of the molecule is CCCCNC1=NCCC(c2ccccc2)N1. The highest BCUT2D eigenvalue weighted by Crippen LogP contribution is 2.18. The molecule has 0 amide bonds. The van der Waals surface area contributed by atoms with Crippen molar-refractivity contribution in [3.8, 4) is 0 Å². The van der Waals surface area contributed by atoms with E-state index in [9.17, 15) is 0 Å². The van der Waals surface area contributed by atoms with Crippen molar-refractivity contribution in [2.45, 2.75) is 32.2 Å². The van der Waals surface area contributed by atoms with Gasteiger partial charge in [0.2, 0.25) is 0 Å². The number of unbranched alkanes of at least 4 members (excludes halogenated alkanes) is 1. The van der Waals surface area contributed by atoms with Crippen LogP contribution in [0.2, 0.25) is 0 Å². The first-order valence-corrected chi connectivity index (χ1v) is 6.50. The maximum Gasteiger partial charge on any atom is 0.191 e. The van der Waals surface area contributed by atoms with Crippen LogP contribution in [-0.2, 0) is 0 Å². The van der Waals surface area contributed by atoms with E-state index < -0.39 is 0 Å². The Balaban J connectivity index is 1.90. The molecule has 1 aliphatic rings. The molecule has 2 rings (SSSR count). The van der Waals surface area contributed by atoms with Crippen molar-refractivity contribution in [2.24, 2.45) is 4.99 Å². The Labute approximate surface area is 103 Å². The molecule has 17 heavy (non-hydrogen) atoms. The van der Waals surface area contributed by atoms with Gasteiger partial charge in [-0.25, -0.2) is 0 Å². The van der Waals surface area contributed by atoms with Gasteiger partial charge in [0.15, 0.2) is 5.96 Å². The highest BCUT2D eigenvalue weighted by Gasteiger charge is 2.16. The number of guanidine groups is 1. The van der Waals surface area contributed by atoms with Gasteiger partial charge in [-0.2, -0.15) is 0 Å². The van der Waals surface area contributed by atoms with E-state index in [1.165, 1.54) is 18.4 Å². The van der Waals surface area contributed by atoms with E-state index in [0.717, 1.165) is 25.5 Å². The maximum atomic E-state index is 4.47. The molecule has 0 saturated heterocycles. The molecular formula is C14H21N3. The van der Waals surface area contributed by atoms with Gasteiger partial charge < -0.3 is 10.6 Å². The summed E-state index contributed by atoms with van der Waals surface area (Å²) in [5, 5.41) is 6.83. The number of hydrogen-bond donors (Lipinski definition) is 2. The maximum absolute atomic E-state index is 4.47. The summed E-state index contributed by atoms with van der Waals surface area (Å²) in [4.78, 5) is 4.47. The third kappa shape index (κ3) is 3.48. The topological polar surface area (TPSA) is 36.4 Å². The molecule has 1 aliphatic heterocycles. The van der Waals surface area contributed by atoms with Gasteiger partial charge in [0, 0.05) is 13.1 Å². The van der Waals surface area contributed by atoms with Gasteiger partial charge in [-0.05, 0) is 18.4 Å². The van der Waals surface area contributed by atoms with Crippen molar-refractivity contribution in [1.29, 1.82) is 0 Å². The molecule has 0 bridgehead atoms. The van der Waals surface area contributed by atoms with Crippen molar-refractivity contribution in [3.05, 3.63) is 35.9 Å². The lowest BCUT2D eigenvalue weighted by atomic mass is 10.0. The van der Waals surface area contributed by atoms with Crippen LogP contribution in [-0.4, -0.2) is 19.0 Å². The molecular weight excluding hydrogens is 210 g/mol. The summed E-state index contributed by atoms with van der Waals surface area (Å²) in [6.07, 6.45) is 3.47. The first kappa shape index (κ1) is 12.0. The molecule has 1 aromatic carbocycles. The van der Waals surface area contributed by atoms with E-state index in [4.69, 9.17) is 0 Å². The second-order valence-corrected chi connectivity index (χ2v) is 4.41. The summed E-state index contributed by atoms with van der Waals surface area (Å²) in [6, 6.07) is 11.0. The highest BCUT2D eigenvalue weighted by atomic mass is 15.2. The van der Waals surface area contributed by atoms with E-state index in [0.29, 0.717) is 6.04 Å². The fraction of sp³-hybridized carbons (Fsp3) is 0.500. The number of benzene rings is 1. The lowest BCUT2D eigenvalue weighted by Gasteiger charge is -2.25. The van der Waals surface area contributed by atoms with Crippen LogP contribution in [0.5, 0.6) is 0 Å². The van der Waals surface area contributed by atoms with Crippen LogP contribution >= 0.6 is 0 Å². The van der Waals surface area contributed by atoms with Crippen molar-refractivity contribution < 1.29 is 0 Å². The zero-order chi connectivity index (χ0) is 11.9. The molecule has 0 fully saturated rings. The largest absolute Gasteiger partial charge is 0.356 e. The smallest absolute Gasteiger partial charge is 0.191 e. The molecule has 1 unspecified atom stereocenters. The predicted molar refractivity (Wildman–Crippen MR) is 72.1 cm³/mol. The van der Waals surface area contributed by atoms with Crippen LogP contribution < -0.4 is 10.6 Å². The number of hydrogen-bond acceptors (Lipinski definition) is 3. The predicted octanol–water partition coefficient (Wildman–Crippen LogP) is 2.47. The Morgan fingerprint density at radius 3 is 2.94 bits per heavy atom. The Bertz CT molecular complexity index is 359. The highest BCUT2D eigenvalue weighted by molar-refractivity contribution is 5.80. The van der Waals surface area contributed by atoms with Gasteiger partial charge in [0.1, 0.15) is 0 Å². The summed E-state index contributed by atoms with van der Waals surface area (Å²) in [7, 11) is 0. The van der Waals surface area contributed by atoms with Crippen LogP contribution in [0.1, 0.15) is 37.8 Å². The zero-order valence-corrected chi connectivity index (χ0v) is 10.4. The molecule has 92 valence electrons. The van der Waals surface area contributed by atoms with Gasteiger partial charge in [-0.1, -0.05) is 43.7 Å². The molecule has 3 heteroatoms. The van der Waals surface area contributed by atoms with Gasteiger partial charge >= 0.3 is 0 Å². The minimum Gasteiger partial charge on any atom is -0.356 e. The lowest BCUT2D eigenvalue weighted by Crippen LogP contribution is -2.42. The third-order valence-corrected chi connectivity index (χ3v) is 3.02. The fourth-order valence-corrected chi connectivity index (χ4v) is 2.01. The van der Waals surface area contributed by atoms with E-state index in [1.54, 1.807) is 0 Å². The molecule has 2 N–H and O–H groups in total. The molecule has 0 spiro atoms. The second-order valence-electron chi connectivity index (χ2n) is 4.41. The van der Waals surface area contributed by atoms with Crippen molar-refractivity contribution >= 4 is 5.96 Å². The van der Waals surface area contributed by atoms with E-state index in [-0.39, 0.29) is 0 Å². The third-order valence-electron chi connectivity index (χ3n) is 3.02. The summed E-state index contributed by atoms with van der Waals surface area (Å²) >= 11 is 0. The monoisotopic (exact) mass is 231 g/mol. The number of aliphatic imine (C=N–C) groups is 1. The first-order valence-electron chi connectivity index (χ1n) is 6.50. The molecule has 0 aromatic heterocycles. The quantitative estimate of drug-likeness (QED) is 0.781. The molecule has 1 heterocycles. The minimum absolute atomic E-state index is 0.401. The van der Waals surface area contributed by atoms with Gasteiger partial charge in [0.05, 0.1) is 6.04 Å². The number of nitrogens with zero attached hydrogens (tertiary/aromatic N) is 1. The molecule has 0 aliphatic carbocycles. The van der Waals surface area contributed by atoms with Crippen LogP contribution in [0.15, 0.2) is 35.3 Å². The standard InChI is InChI=1S/C14H21N3/c1-2-3-10-15-14-16-11-9-13(17-14)12-7-5-4-6-8-12/h4-8,13H,2-3,9-11H2,1H3,(H2,15,16,17).